The number of aromatic nitrogens is 1. The molecule has 1 rings (SSSR count). The molecule has 0 radical (unpaired) electrons. The molecule has 0 saturated carbocycles. The van der Waals surface area contributed by atoms with Gasteiger partial charge in [-0.1, -0.05) is 0 Å². The predicted molar refractivity (Wildman–Crippen MR) is 63.8 cm³/mol. The van der Waals surface area contributed by atoms with Gasteiger partial charge in [0, 0.05) is 12.2 Å². The molecule has 94 valence electrons. The third-order valence-electron chi connectivity index (χ3n) is 2.22. The molecule has 0 amide bonds. The Balaban J connectivity index is 3.42. The van der Waals surface area contributed by atoms with Crippen LogP contribution in [0.3, 0.4) is 0 Å². The van der Waals surface area contributed by atoms with Crippen molar-refractivity contribution in [2.24, 2.45) is 0 Å². The Hall–Kier alpha value is -1.78. The fourth-order valence-electron chi connectivity index (χ4n) is 1.46. The molecule has 0 aliphatic carbocycles. The minimum atomic E-state index is -1.16. The molecule has 1 N–H and O–H groups in total. The van der Waals surface area contributed by atoms with Gasteiger partial charge in [-0.25, -0.2) is 4.79 Å². The second-order valence-corrected chi connectivity index (χ2v) is 4.34. The van der Waals surface area contributed by atoms with Crippen molar-refractivity contribution < 1.29 is 14.6 Å². The highest BCUT2D eigenvalue weighted by Gasteiger charge is 2.18. The average Bonchev–Trinajstić information content (AvgIpc) is 2.19. The van der Waals surface area contributed by atoms with E-state index < -0.39 is 11.5 Å². The summed E-state index contributed by atoms with van der Waals surface area (Å²) in [6, 6.07) is 1.35. The van der Waals surface area contributed by atoms with Crippen molar-refractivity contribution in [2.75, 3.05) is 0 Å². The van der Waals surface area contributed by atoms with Gasteiger partial charge in [0.05, 0.1) is 6.10 Å². The highest BCUT2D eigenvalue weighted by molar-refractivity contribution is 5.90. The summed E-state index contributed by atoms with van der Waals surface area (Å²) in [6.45, 7) is 7.19. The van der Waals surface area contributed by atoms with E-state index in [1.165, 1.54) is 16.8 Å². The van der Waals surface area contributed by atoms with Crippen LogP contribution in [0.2, 0.25) is 0 Å². The number of nitrogens with zero attached hydrogens (tertiary/aromatic N) is 1. The molecule has 1 heterocycles. The number of rotatable bonds is 4. The predicted octanol–water partition coefficient (Wildman–Crippen LogP) is 1.91. The monoisotopic (exact) mass is 239 g/mol. The third-order valence-corrected chi connectivity index (χ3v) is 2.22. The summed E-state index contributed by atoms with van der Waals surface area (Å²) in [4.78, 5) is 23.1. The number of pyridine rings is 1. The SMILES string of the molecule is CC(C)Oc1c(C(=O)O)ccn(C(C)C)c1=O. The number of hydrogen-bond donors (Lipinski definition) is 1. The summed E-state index contributed by atoms with van der Waals surface area (Å²) in [5, 5.41) is 9.00. The van der Waals surface area contributed by atoms with Crippen molar-refractivity contribution in [1.29, 1.82) is 0 Å². The van der Waals surface area contributed by atoms with E-state index in [4.69, 9.17) is 9.84 Å². The quantitative estimate of drug-likeness (QED) is 0.871. The Morgan fingerprint density at radius 3 is 2.35 bits per heavy atom. The lowest BCUT2D eigenvalue weighted by molar-refractivity contribution is 0.0689. The van der Waals surface area contributed by atoms with Crippen molar-refractivity contribution >= 4 is 5.97 Å². The summed E-state index contributed by atoms with van der Waals surface area (Å²) >= 11 is 0. The summed E-state index contributed by atoms with van der Waals surface area (Å²) in [7, 11) is 0. The first-order valence-electron chi connectivity index (χ1n) is 5.49. The number of aromatic carboxylic acids is 1. The van der Waals surface area contributed by atoms with Crippen LogP contribution in [0.1, 0.15) is 44.1 Å². The zero-order chi connectivity index (χ0) is 13.2. The first kappa shape index (κ1) is 13.3. The number of carboxylic acids is 1. The Bertz CT molecular complexity index is 474. The summed E-state index contributed by atoms with van der Waals surface area (Å²) in [5.74, 6) is -1.25. The van der Waals surface area contributed by atoms with Gasteiger partial charge in [0.15, 0.2) is 5.75 Å². The standard InChI is InChI=1S/C12H17NO4/c1-7(2)13-6-5-9(12(15)16)10(11(13)14)17-8(3)4/h5-8H,1-4H3,(H,15,16). The van der Waals surface area contributed by atoms with Gasteiger partial charge in [-0.2, -0.15) is 0 Å². The Morgan fingerprint density at radius 1 is 1.35 bits per heavy atom. The molecule has 5 nitrogen and oxygen atoms in total. The van der Waals surface area contributed by atoms with E-state index in [0.717, 1.165) is 0 Å². The number of carbonyl (C=O) groups is 1. The molecule has 17 heavy (non-hydrogen) atoms. The maximum absolute atomic E-state index is 12.0. The molecule has 0 aliphatic rings. The smallest absolute Gasteiger partial charge is 0.339 e. The van der Waals surface area contributed by atoms with E-state index in [0.29, 0.717) is 0 Å². The Kier molecular flexibility index (Phi) is 3.93. The normalized spacial score (nSPS) is 10.9. The molecule has 0 aliphatic heterocycles. The lowest BCUT2D eigenvalue weighted by Gasteiger charge is -2.15. The van der Waals surface area contributed by atoms with Crippen LogP contribution in [0.4, 0.5) is 0 Å². The zero-order valence-corrected chi connectivity index (χ0v) is 10.4. The molecule has 0 saturated heterocycles. The molecular weight excluding hydrogens is 222 g/mol. The molecule has 0 fully saturated rings. The molecule has 1 aromatic heterocycles. The molecular formula is C12H17NO4. The van der Waals surface area contributed by atoms with E-state index in [1.807, 2.05) is 13.8 Å². The van der Waals surface area contributed by atoms with Gasteiger partial charge in [-0.05, 0) is 33.8 Å². The average molecular weight is 239 g/mol. The van der Waals surface area contributed by atoms with Crippen molar-refractivity contribution in [2.45, 2.75) is 39.8 Å². The van der Waals surface area contributed by atoms with E-state index >= 15 is 0 Å². The summed E-state index contributed by atoms with van der Waals surface area (Å²) < 4.78 is 6.76. The minimum absolute atomic E-state index is 0.0418. The van der Waals surface area contributed by atoms with Gasteiger partial charge < -0.3 is 14.4 Å². The van der Waals surface area contributed by atoms with Crippen molar-refractivity contribution in [3.63, 3.8) is 0 Å². The van der Waals surface area contributed by atoms with E-state index in [1.54, 1.807) is 13.8 Å². The van der Waals surface area contributed by atoms with Crippen LogP contribution >= 0.6 is 0 Å². The summed E-state index contributed by atoms with van der Waals surface area (Å²) in [5.41, 5.74) is -0.505. The van der Waals surface area contributed by atoms with Gasteiger partial charge in [0.2, 0.25) is 0 Å². The second kappa shape index (κ2) is 5.03. The molecule has 0 atom stereocenters. The Labute approximate surface area is 99.6 Å². The van der Waals surface area contributed by atoms with Crippen molar-refractivity contribution in [3.05, 3.63) is 28.2 Å². The van der Waals surface area contributed by atoms with Gasteiger partial charge in [0.1, 0.15) is 5.56 Å². The fourth-order valence-corrected chi connectivity index (χ4v) is 1.46. The molecule has 1 aromatic rings. The zero-order valence-electron chi connectivity index (χ0n) is 10.4. The highest BCUT2D eigenvalue weighted by atomic mass is 16.5. The van der Waals surface area contributed by atoms with E-state index in [2.05, 4.69) is 0 Å². The van der Waals surface area contributed by atoms with Gasteiger partial charge in [0.25, 0.3) is 5.56 Å². The molecule has 0 bridgehead atoms. The number of carboxylic acid groups (broad SMARTS) is 1. The third kappa shape index (κ3) is 2.87. The largest absolute Gasteiger partial charge is 0.485 e. The van der Waals surface area contributed by atoms with Crippen LogP contribution in [0, 0.1) is 0 Å². The van der Waals surface area contributed by atoms with Gasteiger partial charge in [-0.3, -0.25) is 4.79 Å². The minimum Gasteiger partial charge on any atom is -0.485 e. The van der Waals surface area contributed by atoms with Crippen LogP contribution in [-0.4, -0.2) is 21.7 Å². The maximum Gasteiger partial charge on any atom is 0.339 e. The van der Waals surface area contributed by atoms with Crippen LogP contribution < -0.4 is 10.3 Å². The van der Waals surface area contributed by atoms with Gasteiger partial charge in [-0.15, -0.1) is 0 Å². The van der Waals surface area contributed by atoms with Crippen molar-refractivity contribution in [3.8, 4) is 5.75 Å². The highest BCUT2D eigenvalue weighted by Crippen LogP contribution is 2.16. The fraction of sp³-hybridized carbons (Fsp3) is 0.500. The van der Waals surface area contributed by atoms with Crippen LogP contribution in [0.5, 0.6) is 5.75 Å². The first-order valence-corrected chi connectivity index (χ1v) is 5.49. The lowest BCUT2D eigenvalue weighted by Crippen LogP contribution is -2.27. The van der Waals surface area contributed by atoms with Crippen LogP contribution in [-0.2, 0) is 0 Å². The lowest BCUT2D eigenvalue weighted by atomic mass is 10.2. The van der Waals surface area contributed by atoms with Gasteiger partial charge >= 0.3 is 5.97 Å². The molecule has 5 heteroatoms. The van der Waals surface area contributed by atoms with E-state index in [9.17, 15) is 9.59 Å². The number of hydrogen-bond acceptors (Lipinski definition) is 3. The van der Waals surface area contributed by atoms with Crippen LogP contribution in [0.15, 0.2) is 17.1 Å². The first-order chi connectivity index (χ1) is 7.84. The van der Waals surface area contributed by atoms with Crippen LogP contribution in [0.25, 0.3) is 0 Å². The Morgan fingerprint density at radius 2 is 1.94 bits per heavy atom. The summed E-state index contributed by atoms with van der Waals surface area (Å²) in [6.07, 6.45) is 1.23. The molecule has 0 unspecified atom stereocenters. The molecule has 0 aromatic carbocycles. The van der Waals surface area contributed by atoms with E-state index in [-0.39, 0.29) is 23.5 Å². The maximum atomic E-state index is 12.0. The molecule has 0 spiro atoms. The second-order valence-electron chi connectivity index (χ2n) is 4.34. The number of ether oxygens (including phenoxy) is 1. The topological polar surface area (TPSA) is 68.5 Å². The van der Waals surface area contributed by atoms with Crippen molar-refractivity contribution in [1.82, 2.24) is 4.57 Å².